The second kappa shape index (κ2) is 14.4. The van der Waals surface area contributed by atoms with E-state index in [9.17, 15) is 44.5 Å². The van der Waals surface area contributed by atoms with E-state index < -0.39 is 89.5 Å². The van der Waals surface area contributed by atoms with E-state index >= 15 is 0 Å². The summed E-state index contributed by atoms with van der Waals surface area (Å²) in [5, 5.41) is 53.0. The van der Waals surface area contributed by atoms with Crippen LogP contribution in [0.3, 0.4) is 0 Å². The molecule has 0 fully saturated rings. The van der Waals surface area contributed by atoms with Crippen molar-refractivity contribution in [2.75, 3.05) is 19.8 Å². The van der Waals surface area contributed by atoms with Gasteiger partial charge in [0.05, 0.1) is 13.1 Å². The van der Waals surface area contributed by atoms with Gasteiger partial charge in [0.15, 0.2) is 17.2 Å². The number of ether oxygens (including phenoxy) is 2. The minimum atomic E-state index is -2.23. The Morgan fingerprint density at radius 2 is 1.36 bits per heavy atom. The molecule has 0 atom stereocenters. The number of aliphatic carboxylic acids is 2. The number of nitro groups is 2. The molecule has 2 heterocycles. The molecule has 0 radical (unpaired) electrons. The van der Waals surface area contributed by atoms with Crippen LogP contribution < -0.4 is 10.6 Å². The van der Waals surface area contributed by atoms with E-state index in [4.69, 9.17) is 15.3 Å². The van der Waals surface area contributed by atoms with Crippen LogP contribution in [-0.4, -0.2) is 94.3 Å². The lowest BCUT2D eigenvalue weighted by molar-refractivity contribution is -0.392. The van der Waals surface area contributed by atoms with Gasteiger partial charge in [-0.3, -0.25) is 25.6 Å². The topological polar surface area (TPSA) is 297 Å². The van der Waals surface area contributed by atoms with Gasteiger partial charge in [0.25, 0.3) is 11.8 Å². The Kier molecular flexibility index (Phi) is 11.2. The smallest absolute Gasteiger partial charge is 0.342 e. The number of aryl methyl sites for hydroxylation is 2. The highest BCUT2D eigenvalue weighted by Crippen LogP contribution is 2.27. The predicted molar refractivity (Wildman–Crippen MR) is 135 cm³/mol. The summed E-state index contributed by atoms with van der Waals surface area (Å²) in [6.07, 6.45) is 1.06. The average molecular weight is 597 g/mol. The quantitative estimate of drug-likeness (QED) is 0.0678. The van der Waals surface area contributed by atoms with E-state index in [0.717, 1.165) is 21.5 Å². The summed E-state index contributed by atoms with van der Waals surface area (Å²) in [7, 11) is 0. The van der Waals surface area contributed by atoms with Crippen molar-refractivity contribution >= 4 is 41.3 Å². The van der Waals surface area contributed by atoms with Gasteiger partial charge in [0.2, 0.25) is 5.96 Å². The largest absolute Gasteiger partial charge is 0.480 e. The molecule has 2 rings (SSSR count). The molecule has 0 bridgehead atoms. The molecular formula is C21H27N9O12. The van der Waals surface area contributed by atoms with Crippen LogP contribution in [0.4, 0.5) is 11.6 Å². The molecule has 228 valence electrons. The third-order valence-electron chi connectivity index (χ3n) is 5.78. The normalized spacial score (nSPS) is 11.1. The number of carboxylic acid groups (broad SMARTS) is 2. The monoisotopic (exact) mass is 597 g/mol. The number of carbonyl (C=O) groups excluding carboxylic acids is 2. The molecule has 21 nitrogen and oxygen atoms in total. The Morgan fingerprint density at radius 3 is 1.76 bits per heavy atom. The Morgan fingerprint density at radius 1 is 0.905 bits per heavy atom. The Hall–Kier alpha value is -5.31. The first-order valence-corrected chi connectivity index (χ1v) is 11.8. The number of hydrogen-bond acceptors (Lipinski definition) is 13. The molecule has 5 N–H and O–H groups in total. The van der Waals surface area contributed by atoms with Crippen molar-refractivity contribution in [3.8, 4) is 0 Å². The van der Waals surface area contributed by atoms with Crippen LogP contribution in [0.1, 0.15) is 24.5 Å². The molecule has 0 unspecified atom stereocenters. The molecule has 2 amide bonds. The summed E-state index contributed by atoms with van der Waals surface area (Å²) < 4.78 is 12.3. The van der Waals surface area contributed by atoms with Crippen LogP contribution in [-0.2, 0) is 41.7 Å². The number of imidazole rings is 2. The van der Waals surface area contributed by atoms with Gasteiger partial charge in [-0.25, -0.2) is 28.7 Å². The second-order valence-electron chi connectivity index (χ2n) is 8.59. The van der Waals surface area contributed by atoms with Crippen LogP contribution in [0.2, 0.25) is 0 Å². The molecule has 0 saturated heterocycles. The van der Waals surface area contributed by atoms with Gasteiger partial charge in [-0.2, -0.15) is 0 Å². The molecule has 0 spiro atoms. The highest BCUT2D eigenvalue weighted by atomic mass is 16.6. The molecule has 2 aromatic rings. The fourth-order valence-electron chi connectivity index (χ4n) is 3.70. The first-order chi connectivity index (χ1) is 19.7. The average Bonchev–Trinajstić information content (AvgIpc) is 3.45. The van der Waals surface area contributed by atoms with E-state index in [1.165, 1.54) is 13.8 Å². The fraction of sp³-hybridized carbons (Fsp3) is 0.476. The number of nitrogens with zero attached hydrogens (tertiary/aromatic N) is 6. The first kappa shape index (κ1) is 32.9. The molecule has 21 heteroatoms. The zero-order chi connectivity index (χ0) is 31.6. The summed E-state index contributed by atoms with van der Waals surface area (Å²) in [6.45, 7) is -0.184. The minimum absolute atomic E-state index is 0.191. The van der Waals surface area contributed by atoms with Crippen LogP contribution in [0.5, 0.6) is 0 Å². The predicted octanol–water partition coefficient (Wildman–Crippen LogP) is -0.898. The minimum Gasteiger partial charge on any atom is -0.480 e. The number of rotatable bonds is 16. The molecule has 0 aliphatic carbocycles. The third kappa shape index (κ3) is 8.85. The van der Waals surface area contributed by atoms with Crippen LogP contribution in [0.25, 0.3) is 0 Å². The van der Waals surface area contributed by atoms with Gasteiger partial charge in [-0.05, 0) is 9.85 Å². The SMILES string of the molecule is Cc1ncc([N+](=O)[O-])n1CCC(CCn1c([N+](=O)[O-])cnc1C)(OCC(=O)NC(=N)NC(=O)COCC(=O)O)C(=O)O. The zero-order valence-electron chi connectivity index (χ0n) is 22.3. The number of nitrogens with one attached hydrogen (secondary N) is 3. The van der Waals surface area contributed by atoms with Crippen molar-refractivity contribution in [1.29, 1.82) is 5.41 Å². The number of carbonyl (C=O) groups is 4. The van der Waals surface area contributed by atoms with Crippen molar-refractivity contribution in [3.05, 3.63) is 44.3 Å². The lowest BCUT2D eigenvalue weighted by Gasteiger charge is -2.28. The van der Waals surface area contributed by atoms with Crippen molar-refractivity contribution in [2.24, 2.45) is 0 Å². The van der Waals surface area contributed by atoms with Gasteiger partial charge >= 0.3 is 23.6 Å². The Bertz CT molecular complexity index is 1320. The molecule has 0 aliphatic rings. The summed E-state index contributed by atoms with van der Waals surface area (Å²) in [6, 6.07) is 0. The lowest BCUT2D eigenvalue weighted by Crippen LogP contribution is -2.49. The van der Waals surface area contributed by atoms with E-state index in [-0.39, 0.29) is 24.7 Å². The van der Waals surface area contributed by atoms with E-state index in [0.29, 0.717) is 0 Å². The second-order valence-corrected chi connectivity index (χ2v) is 8.59. The maximum atomic E-state index is 12.5. The van der Waals surface area contributed by atoms with Crippen molar-refractivity contribution in [1.82, 2.24) is 29.7 Å². The third-order valence-corrected chi connectivity index (χ3v) is 5.78. The molecule has 42 heavy (non-hydrogen) atoms. The van der Waals surface area contributed by atoms with Gasteiger partial charge in [0, 0.05) is 26.7 Å². The molecule has 0 saturated carbocycles. The molecule has 2 aromatic heterocycles. The van der Waals surface area contributed by atoms with Gasteiger partial charge in [0.1, 0.15) is 32.2 Å². The van der Waals surface area contributed by atoms with Gasteiger partial charge < -0.3 is 39.9 Å². The number of guanidine groups is 1. The highest BCUT2D eigenvalue weighted by Gasteiger charge is 2.42. The molecule has 0 aliphatic heterocycles. The molecular weight excluding hydrogens is 570 g/mol. The van der Waals surface area contributed by atoms with Crippen LogP contribution in [0, 0.1) is 39.5 Å². The van der Waals surface area contributed by atoms with Crippen molar-refractivity contribution in [2.45, 2.75) is 45.4 Å². The number of amides is 2. The summed E-state index contributed by atoms with van der Waals surface area (Å²) in [4.78, 5) is 76.1. The summed E-state index contributed by atoms with van der Waals surface area (Å²) in [5.41, 5.74) is -2.23. The van der Waals surface area contributed by atoms with E-state index in [1.54, 1.807) is 0 Å². The molecule has 0 aromatic carbocycles. The maximum Gasteiger partial charge on any atom is 0.342 e. The number of aromatic nitrogens is 4. The highest BCUT2D eigenvalue weighted by molar-refractivity contribution is 6.03. The number of carboxylic acids is 2. The Labute approximate surface area is 235 Å². The summed E-state index contributed by atoms with van der Waals surface area (Å²) in [5.74, 6) is -6.28. The van der Waals surface area contributed by atoms with Gasteiger partial charge in [-0.15, -0.1) is 0 Å². The maximum absolute atomic E-state index is 12.5. The van der Waals surface area contributed by atoms with E-state index in [2.05, 4.69) is 14.7 Å². The van der Waals surface area contributed by atoms with Crippen molar-refractivity contribution < 1.29 is 48.7 Å². The summed E-state index contributed by atoms with van der Waals surface area (Å²) >= 11 is 0. The number of hydrogen-bond donors (Lipinski definition) is 5. The Balaban J connectivity index is 2.21. The first-order valence-electron chi connectivity index (χ1n) is 11.8. The standard InChI is InChI=1S/C21H27N9O12/c1-12-23-7-16(29(37)38)27(12)5-3-21(19(35)36,4-6-28-13(2)24-8-17(28)30(39)40)42-10-15(32)26-20(22)25-14(31)9-41-11-18(33)34/h7-8H,3-6,9-11H2,1-2H3,(H,33,34)(H,35,36)(H3,22,25,26,31,32). The fourth-order valence-corrected chi connectivity index (χ4v) is 3.70. The van der Waals surface area contributed by atoms with Crippen LogP contribution >= 0.6 is 0 Å². The van der Waals surface area contributed by atoms with Gasteiger partial charge in [-0.1, -0.05) is 0 Å². The van der Waals surface area contributed by atoms with Crippen LogP contribution in [0.15, 0.2) is 12.4 Å². The van der Waals surface area contributed by atoms with E-state index in [1.807, 2.05) is 10.6 Å². The lowest BCUT2D eigenvalue weighted by atomic mass is 9.94. The zero-order valence-corrected chi connectivity index (χ0v) is 22.3. The van der Waals surface area contributed by atoms with Crippen molar-refractivity contribution in [3.63, 3.8) is 0 Å².